The van der Waals surface area contributed by atoms with Gasteiger partial charge in [-0.15, -0.1) is 0 Å². The molecule has 1 amide bonds. The van der Waals surface area contributed by atoms with E-state index >= 15 is 0 Å². The van der Waals surface area contributed by atoms with Crippen molar-refractivity contribution >= 4 is 21.6 Å². The summed E-state index contributed by atoms with van der Waals surface area (Å²) >= 11 is 0. The molecule has 3 aromatic carbocycles. The largest absolute Gasteiger partial charge is 0.376 e. The van der Waals surface area contributed by atoms with Crippen molar-refractivity contribution in [2.75, 3.05) is 17.9 Å². The fourth-order valence-electron chi connectivity index (χ4n) is 3.67. The minimum absolute atomic E-state index is 0.0716. The molecule has 1 aliphatic rings. The molecule has 32 heavy (non-hydrogen) atoms. The van der Waals surface area contributed by atoms with Crippen LogP contribution in [0.2, 0.25) is 0 Å². The third-order valence-corrected chi connectivity index (χ3v) is 6.83. The second kappa shape index (κ2) is 9.54. The Hall–Kier alpha value is -3.16. The van der Waals surface area contributed by atoms with Gasteiger partial charge in [-0.3, -0.25) is 9.52 Å². The number of anilines is 1. The molecule has 1 atom stereocenters. The second-order valence-electron chi connectivity index (χ2n) is 7.92. The number of aryl methyl sites for hydroxylation is 1. The molecule has 0 unspecified atom stereocenters. The Bertz CT molecular complexity index is 1180. The highest BCUT2D eigenvalue weighted by atomic mass is 32.2. The van der Waals surface area contributed by atoms with E-state index in [1.165, 1.54) is 0 Å². The van der Waals surface area contributed by atoms with E-state index < -0.39 is 10.0 Å². The Kier molecular flexibility index (Phi) is 6.58. The molecule has 0 bridgehead atoms. The van der Waals surface area contributed by atoms with Gasteiger partial charge in [0.15, 0.2) is 0 Å². The number of rotatable bonds is 7. The topological polar surface area (TPSA) is 84.5 Å². The molecule has 7 heteroatoms. The Morgan fingerprint density at radius 1 is 1.00 bits per heavy atom. The van der Waals surface area contributed by atoms with Crippen LogP contribution in [-0.2, 0) is 14.8 Å². The summed E-state index contributed by atoms with van der Waals surface area (Å²) in [6, 6.07) is 21.2. The summed E-state index contributed by atoms with van der Waals surface area (Å²) < 4.78 is 33.6. The molecule has 2 N–H and O–H groups in total. The average molecular weight is 451 g/mol. The normalized spacial score (nSPS) is 16.0. The van der Waals surface area contributed by atoms with Gasteiger partial charge in [0.2, 0.25) is 0 Å². The number of carbonyl (C=O) groups excluding carboxylic acids is 1. The fraction of sp³-hybridized carbons (Fsp3) is 0.240. The van der Waals surface area contributed by atoms with E-state index in [9.17, 15) is 13.2 Å². The van der Waals surface area contributed by atoms with Crippen molar-refractivity contribution in [3.63, 3.8) is 0 Å². The summed E-state index contributed by atoms with van der Waals surface area (Å²) in [5, 5.41) is 2.85. The molecule has 6 nitrogen and oxygen atoms in total. The monoisotopic (exact) mass is 450 g/mol. The summed E-state index contributed by atoms with van der Waals surface area (Å²) in [5.41, 5.74) is 3.99. The van der Waals surface area contributed by atoms with E-state index in [0.717, 1.165) is 36.1 Å². The first kappa shape index (κ1) is 22.0. The lowest BCUT2D eigenvalue weighted by Gasteiger charge is -2.12. The number of hydrogen-bond donors (Lipinski definition) is 2. The van der Waals surface area contributed by atoms with Crippen molar-refractivity contribution in [1.82, 2.24) is 5.32 Å². The lowest BCUT2D eigenvalue weighted by atomic mass is 10.0. The number of benzene rings is 3. The third kappa shape index (κ3) is 5.36. The van der Waals surface area contributed by atoms with E-state index in [4.69, 9.17) is 4.74 Å². The Balaban J connectivity index is 1.40. The van der Waals surface area contributed by atoms with Gasteiger partial charge in [-0.1, -0.05) is 42.0 Å². The molecule has 0 saturated carbocycles. The van der Waals surface area contributed by atoms with Crippen molar-refractivity contribution in [3.8, 4) is 11.1 Å². The molecule has 1 fully saturated rings. The summed E-state index contributed by atoms with van der Waals surface area (Å²) in [6.45, 7) is 3.24. The zero-order valence-corrected chi connectivity index (χ0v) is 18.7. The Morgan fingerprint density at radius 2 is 1.75 bits per heavy atom. The second-order valence-corrected chi connectivity index (χ2v) is 9.60. The summed E-state index contributed by atoms with van der Waals surface area (Å²) in [4.78, 5) is 12.5. The first-order chi connectivity index (χ1) is 15.4. The number of nitrogens with one attached hydrogen (secondary N) is 2. The van der Waals surface area contributed by atoms with Crippen LogP contribution in [0.5, 0.6) is 0 Å². The van der Waals surface area contributed by atoms with E-state index in [2.05, 4.69) is 16.1 Å². The SMILES string of the molecule is Cc1cccc(-c2ccc(S(=O)(=O)Nc3ccc(C(=O)NC[C@@H]4CCCO4)cc3)cc2)c1. The van der Waals surface area contributed by atoms with E-state index in [-0.39, 0.29) is 16.9 Å². The summed E-state index contributed by atoms with van der Waals surface area (Å²) in [7, 11) is -3.74. The Morgan fingerprint density at radius 3 is 2.41 bits per heavy atom. The van der Waals surface area contributed by atoms with Crippen LogP contribution >= 0.6 is 0 Å². The molecule has 166 valence electrons. The molecule has 0 spiro atoms. The van der Waals surface area contributed by atoms with Gasteiger partial charge >= 0.3 is 0 Å². The number of carbonyl (C=O) groups is 1. The van der Waals surface area contributed by atoms with Gasteiger partial charge < -0.3 is 10.1 Å². The first-order valence-corrected chi connectivity index (χ1v) is 12.1. The minimum atomic E-state index is -3.74. The standard InChI is InChI=1S/C25H26N2O4S/c1-18-4-2-5-21(16-18)19-9-13-24(14-10-19)32(29,30)27-22-11-7-20(8-12-22)25(28)26-17-23-6-3-15-31-23/h2,4-5,7-14,16,23,27H,3,6,15,17H2,1H3,(H,26,28)/t23-/m0/s1. The summed E-state index contributed by atoms with van der Waals surface area (Å²) in [6.07, 6.45) is 2.04. The lowest BCUT2D eigenvalue weighted by Crippen LogP contribution is -2.31. The predicted octanol–water partition coefficient (Wildman–Crippen LogP) is 4.37. The van der Waals surface area contributed by atoms with Crippen molar-refractivity contribution in [3.05, 3.63) is 83.9 Å². The van der Waals surface area contributed by atoms with E-state index in [1.807, 2.05) is 25.1 Å². The molecule has 4 rings (SSSR count). The van der Waals surface area contributed by atoms with Crippen LogP contribution < -0.4 is 10.0 Å². The van der Waals surface area contributed by atoms with Crippen LogP contribution in [0.4, 0.5) is 5.69 Å². The van der Waals surface area contributed by atoms with Gasteiger partial charge in [0.25, 0.3) is 15.9 Å². The smallest absolute Gasteiger partial charge is 0.261 e. The van der Waals surface area contributed by atoms with Crippen molar-refractivity contribution in [2.24, 2.45) is 0 Å². The highest BCUT2D eigenvalue weighted by Crippen LogP contribution is 2.23. The maximum atomic E-state index is 12.8. The molecule has 0 aromatic heterocycles. The van der Waals surface area contributed by atoms with Crippen LogP contribution in [0.3, 0.4) is 0 Å². The molecule has 1 heterocycles. The predicted molar refractivity (Wildman–Crippen MR) is 125 cm³/mol. The molecule has 3 aromatic rings. The minimum Gasteiger partial charge on any atom is -0.376 e. The molecule has 1 saturated heterocycles. The van der Waals surface area contributed by atoms with Crippen molar-refractivity contribution in [1.29, 1.82) is 0 Å². The maximum absolute atomic E-state index is 12.8. The number of sulfonamides is 1. The molecule has 1 aliphatic heterocycles. The zero-order valence-electron chi connectivity index (χ0n) is 17.9. The molecular weight excluding hydrogens is 424 g/mol. The maximum Gasteiger partial charge on any atom is 0.261 e. The van der Waals surface area contributed by atoms with Gasteiger partial charge in [-0.25, -0.2) is 8.42 Å². The highest BCUT2D eigenvalue weighted by molar-refractivity contribution is 7.92. The van der Waals surface area contributed by atoms with Crippen LogP contribution in [0.1, 0.15) is 28.8 Å². The van der Waals surface area contributed by atoms with Crippen molar-refractivity contribution in [2.45, 2.75) is 30.8 Å². The lowest BCUT2D eigenvalue weighted by molar-refractivity contribution is 0.0858. The van der Waals surface area contributed by atoms with Crippen LogP contribution in [0, 0.1) is 6.92 Å². The number of ether oxygens (including phenoxy) is 1. The van der Waals surface area contributed by atoms with Crippen LogP contribution in [-0.4, -0.2) is 33.6 Å². The van der Waals surface area contributed by atoms with Gasteiger partial charge in [0.1, 0.15) is 0 Å². The summed E-state index contributed by atoms with van der Waals surface area (Å²) in [5.74, 6) is -0.207. The average Bonchev–Trinajstić information content (AvgIpc) is 3.32. The molecule has 0 radical (unpaired) electrons. The Labute approximate surface area is 188 Å². The van der Waals surface area contributed by atoms with E-state index in [0.29, 0.717) is 17.8 Å². The number of hydrogen-bond acceptors (Lipinski definition) is 4. The van der Waals surface area contributed by atoms with Gasteiger partial charge in [-0.2, -0.15) is 0 Å². The molecule has 0 aliphatic carbocycles. The quantitative estimate of drug-likeness (QED) is 0.560. The highest BCUT2D eigenvalue weighted by Gasteiger charge is 2.17. The molecular formula is C25H26N2O4S. The number of amides is 1. The van der Waals surface area contributed by atoms with Crippen LogP contribution in [0.15, 0.2) is 77.7 Å². The first-order valence-electron chi connectivity index (χ1n) is 10.6. The third-order valence-electron chi connectivity index (χ3n) is 5.43. The van der Waals surface area contributed by atoms with E-state index in [1.54, 1.807) is 48.5 Å². The van der Waals surface area contributed by atoms with Gasteiger partial charge in [-0.05, 0) is 67.3 Å². The van der Waals surface area contributed by atoms with Crippen LogP contribution in [0.25, 0.3) is 11.1 Å². The zero-order chi connectivity index (χ0) is 22.6. The van der Waals surface area contributed by atoms with Gasteiger partial charge in [0, 0.05) is 24.4 Å². The van der Waals surface area contributed by atoms with Gasteiger partial charge in [0.05, 0.1) is 11.0 Å². The fourth-order valence-corrected chi connectivity index (χ4v) is 4.73. The van der Waals surface area contributed by atoms with Crippen molar-refractivity contribution < 1.29 is 17.9 Å².